The van der Waals surface area contributed by atoms with Crippen LogP contribution in [0.2, 0.25) is 0 Å². The maximum Gasteiger partial charge on any atom is 0.330 e. The molecular weight excluding hydrogens is 230 g/mol. The third kappa shape index (κ3) is 11.2. The Morgan fingerprint density at radius 3 is 2.39 bits per heavy atom. The molecule has 0 saturated carbocycles. The number of hydrogen-bond acceptors (Lipinski definition) is 3. The standard InChI is InChI=1S/C14H25NO3/c1-3-5-7-8-11-15-13(16)9-10-14(17)18-12-6-4-2/h9-10H,3-8,11-12H2,1-2H3,(H,15,16)/b10-9-. The second-order valence-electron chi connectivity index (χ2n) is 4.21. The molecule has 0 bridgehead atoms. The third-order valence-corrected chi connectivity index (χ3v) is 2.44. The predicted octanol–water partition coefficient (Wildman–Crippen LogP) is 2.58. The van der Waals surface area contributed by atoms with Gasteiger partial charge in [-0.05, 0) is 12.8 Å². The number of carbonyl (C=O) groups excluding carboxylic acids is 2. The van der Waals surface area contributed by atoms with Crippen LogP contribution in [0, 0.1) is 0 Å². The maximum atomic E-state index is 11.3. The Labute approximate surface area is 110 Å². The van der Waals surface area contributed by atoms with Crippen molar-refractivity contribution in [1.82, 2.24) is 5.32 Å². The van der Waals surface area contributed by atoms with Gasteiger partial charge in [-0.15, -0.1) is 0 Å². The average Bonchev–Trinajstić information content (AvgIpc) is 2.36. The molecule has 4 nitrogen and oxygen atoms in total. The second kappa shape index (κ2) is 12.1. The van der Waals surface area contributed by atoms with E-state index in [0.29, 0.717) is 13.2 Å². The topological polar surface area (TPSA) is 55.4 Å². The van der Waals surface area contributed by atoms with E-state index in [-0.39, 0.29) is 5.91 Å². The number of esters is 1. The largest absolute Gasteiger partial charge is 0.463 e. The summed E-state index contributed by atoms with van der Waals surface area (Å²) < 4.78 is 4.88. The molecule has 0 aliphatic heterocycles. The van der Waals surface area contributed by atoms with E-state index in [1.54, 1.807) is 0 Å². The number of carbonyl (C=O) groups is 2. The van der Waals surface area contributed by atoms with E-state index in [2.05, 4.69) is 12.2 Å². The van der Waals surface area contributed by atoms with Crippen molar-refractivity contribution in [3.8, 4) is 0 Å². The smallest absolute Gasteiger partial charge is 0.330 e. The van der Waals surface area contributed by atoms with Gasteiger partial charge in [-0.3, -0.25) is 4.79 Å². The number of amides is 1. The molecule has 0 aliphatic carbocycles. The molecule has 0 heterocycles. The van der Waals surface area contributed by atoms with Crippen LogP contribution >= 0.6 is 0 Å². The maximum absolute atomic E-state index is 11.3. The minimum Gasteiger partial charge on any atom is -0.463 e. The quantitative estimate of drug-likeness (QED) is 0.371. The van der Waals surface area contributed by atoms with Gasteiger partial charge in [-0.25, -0.2) is 4.79 Å². The van der Waals surface area contributed by atoms with Gasteiger partial charge in [0, 0.05) is 18.7 Å². The van der Waals surface area contributed by atoms with Gasteiger partial charge in [-0.1, -0.05) is 39.5 Å². The number of nitrogens with one attached hydrogen (secondary N) is 1. The normalized spacial score (nSPS) is 10.6. The zero-order chi connectivity index (χ0) is 13.6. The van der Waals surface area contributed by atoms with Crippen molar-refractivity contribution < 1.29 is 14.3 Å². The van der Waals surface area contributed by atoms with E-state index in [9.17, 15) is 9.59 Å². The van der Waals surface area contributed by atoms with Crippen LogP contribution in [0.4, 0.5) is 0 Å². The van der Waals surface area contributed by atoms with Gasteiger partial charge in [0.05, 0.1) is 6.61 Å². The fraction of sp³-hybridized carbons (Fsp3) is 0.714. The SMILES string of the molecule is CCCCCCNC(=O)/C=C\C(=O)OCCCC. The van der Waals surface area contributed by atoms with Crippen molar-refractivity contribution in [2.75, 3.05) is 13.2 Å². The van der Waals surface area contributed by atoms with Crippen LogP contribution in [0.5, 0.6) is 0 Å². The lowest BCUT2D eigenvalue weighted by atomic mass is 10.2. The number of ether oxygens (including phenoxy) is 1. The van der Waals surface area contributed by atoms with E-state index < -0.39 is 5.97 Å². The molecule has 104 valence electrons. The van der Waals surface area contributed by atoms with Gasteiger partial charge in [0.1, 0.15) is 0 Å². The van der Waals surface area contributed by atoms with Gasteiger partial charge in [-0.2, -0.15) is 0 Å². The van der Waals surface area contributed by atoms with E-state index in [4.69, 9.17) is 4.74 Å². The van der Waals surface area contributed by atoms with Crippen LogP contribution < -0.4 is 5.32 Å². The third-order valence-electron chi connectivity index (χ3n) is 2.44. The van der Waals surface area contributed by atoms with Crippen LogP contribution in [-0.2, 0) is 14.3 Å². The summed E-state index contributed by atoms with van der Waals surface area (Å²) in [6.07, 6.45) is 8.71. The van der Waals surface area contributed by atoms with E-state index in [1.165, 1.54) is 25.0 Å². The molecular formula is C14H25NO3. The van der Waals surface area contributed by atoms with Gasteiger partial charge < -0.3 is 10.1 Å². The Morgan fingerprint density at radius 1 is 1.00 bits per heavy atom. The summed E-state index contributed by atoms with van der Waals surface area (Å²) in [6, 6.07) is 0. The number of hydrogen-bond donors (Lipinski definition) is 1. The molecule has 0 aromatic carbocycles. The summed E-state index contributed by atoms with van der Waals surface area (Å²) in [4.78, 5) is 22.5. The molecule has 0 radical (unpaired) electrons. The summed E-state index contributed by atoms with van der Waals surface area (Å²) in [5.74, 6) is -0.691. The minimum absolute atomic E-state index is 0.237. The van der Waals surface area contributed by atoms with Gasteiger partial charge in [0.25, 0.3) is 0 Å². The Bertz CT molecular complexity index is 262. The molecule has 0 aromatic heterocycles. The van der Waals surface area contributed by atoms with Crippen molar-refractivity contribution in [3.63, 3.8) is 0 Å². The summed E-state index contributed by atoms with van der Waals surface area (Å²) in [7, 11) is 0. The number of unbranched alkanes of at least 4 members (excludes halogenated alkanes) is 4. The van der Waals surface area contributed by atoms with Gasteiger partial charge in [0.2, 0.25) is 5.91 Å². The van der Waals surface area contributed by atoms with Crippen molar-refractivity contribution in [1.29, 1.82) is 0 Å². The molecule has 0 aliphatic rings. The van der Waals surface area contributed by atoms with Crippen molar-refractivity contribution in [3.05, 3.63) is 12.2 Å². The van der Waals surface area contributed by atoms with Crippen LogP contribution in [0.3, 0.4) is 0 Å². The molecule has 0 saturated heterocycles. The first-order valence-electron chi connectivity index (χ1n) is 6.83. The highest BCUT2D eigenvalue weighted by Crippen LogP contribution is 1.97. The predicted molar refractivity (Wildman–Crippen MR) is 72.2 cm³/mol. The van der Waals surface area contributed by atoms with Crippen molar-refractivity contribution >= 4 is 11.9 Å². The molecule has 0 spiro atoms. The summed E-state index contributed by atoms with van der Waals surface area (Å²) in [6.45, 7) is 5.24. The first-order chi connectivity index (χ1) is 8.70. The highest BCUT2D eigenvalue weighted by molar-refractivity contribution is 5.94. The summed E-state index contributed by atoms with van der Waals surface area (Å²) in [5, 5.41) is 2.73. The monoisotopic (exact) mass is 255 g/mol. The molecule has 0 aromatic rings. The highest BCUT2D eigenvalue weighted by atomic mass is 16.5. The highest BCUT2D eigenvalue weighted by Gasteiger charge is 1.99. The molecule has 0 atom stereocenters. The molecule has 0 unspecified atom stereocenters. The Hall–Kier alpha value is -1.32. The lowest BCUT2D eigenvalue weighted by molar-refractivity contribution is -0.138. The Morgan fingerprint density at radius 2 is 1.72 bits per heavy atom. The van der Waals surface area contributed by atoms with Crippen LogP contribution in [0.1, 0.15) is 52.4 Å². The van der Waals surface area contributed by atoms with E-state index in [1.807, 2.05) is 6.92 Å². The first-order valence-corrected chi connectivity index (χ1v) is 6.83. The summed E-state index contributed by atoms with van der Waals surface area (Å²) in [5.41, 5.74) is 0. The van der Waals surface area contributed by atoms with Crippen LogP contribution in [0.25, 0.3) is 0 Å². The molecule has 18 heavy (non-hydrogen) atoms. The van der Waals surface area contributed by atoms with Crippen LogP contribution in [0.15, 0.2) is 12.2 Å². The van der Waals surface area contributed by atoms with Crippen LogP contribution in [-0.4, -0.2) is 25.0 Å². The average molecular weight is 255 g/mol. The minimum atomic E-state index is -0.454. The zero-order valence-corrected chi connectivity index (χ0v) is 11.5. The van der Waals surface area contributed by atoms with Crippen molar-refractivity contribution in [2.24, 2.45) is 0 Å². The molecule has 1 N–H and O–H groups in total. The second-order valence-corrected chi connectivity index (χ2v) is 4.21. The lowest BCUT2D eigenvalue weighted by Crippen LogP contribution is -2.22. The Kier molecular flexibility index (Phi) is 11.3. The molecule has 1 amide bonds. The Balaban J connectivity index is 3.57. The molecule has 0 fully saturated rings. The van der Waals surface area contributed by atoms with E-state index in [0.717, 1.165) is 25.7 Å². The van der Waals surface area contributed by atoms with Gasteiger partial charge in [0.15, 0.2) is 0 Å². The fourth-order valence-electron chi connectivity index (χ4n) is 1.33. The molecule has 0 rings (SSSR count). The lowest BCUT2D eigenvalue weighted by Gasteiger charge is -2.01. The van der Waals surface area contributed by atoms with E-state index >= 15 is 0 Å². The van der Waals surface area contributed by atoms with Gasteiger partial charge >= 0.3 is 5.97 Å². The fourth-order valence-corrected chi connectivity index (χ4v) is 1.33. The molecule has 4 heteroatoms. The zero-order valence-electron chi connectivity index (χ0n) is 11.5. The first kappa shape index (κ1) is 16.7. The summed E-state index contributed by atoms with van der Waals surface area (Å²) >= 11 is 0. The number of rotatable bonds is 10. The van der Waals surface area contributed by atoms with Crippen molar-refractivity contribution in [2.45, 2.75) is 52.4 Å².